The third-order valence-electron chi connectivity index (χ3n) is 2.67. The molecule has 0 N–H and O–H groups in total. The topological polar surface area (TPSA) is 44.9 Å². The Morgan fingerprint density at radius 3 is 2.61 bits per heavy atom. The summed E-state index contributed by atoms with van der Waals surface area (Å²) in [6.45, 7) is 0. The third kappa shape index (κ3) is 1.75. The van der Waals surface area contributed by atoms with Gasteiger partial charge in [-0.25, -0.2) is 9.67 Å². The van der Waals surface area contributed by atoms with Crippen molar-refractivity contribution >= 4 is 0 Å². The van der Waals surface area contributed by atoms with Crippen LogP contribution in [0.25, 0.3) is 11.5 Å². The van der Waals surface area contributed by atoms with Gasteiger partial charge in [-0.1, -0.05) is 0 Å². The number of methoxy groups -OCH3 is 1. The predicted molar refractivity (Wildman–Crippen MR) is 67.2 cm³/mol. The molecule has 5 nitrogen and oxygen atoms in total. The minimum absolute atomic E-state index is 0.591. The fourth-order valence-corrected chi connectivity index (χ4v) is 1.80. The first kappa shape index (κ1) is 10.6. The highest BCUT2D eigenvalue weighted by atomic mass is 16.5. The van der Waals surface area contributed by atoms with E-state index in [1.807, 2.05) is 52.0 Å². The minimum Gasteiger partial charge on any atom is -0.481 e. The van der Waals surface area contributed by atoms with Gasteiger partial charge in [0.2, 0.25) is 5.88 Å². The van der Waals surface area contributed by atoms with E-state index in [1.54, 1.807) is 19.5 Å². The Balaban J connectivity index is 2.04. The van der Waals surface area contributed by atoms with Crippen LogP contribution >= 0.6 is 0 Å². The lowest BCUT2D eigenvalue weighted by atomic mass is 10.4. The van der Waals surface area contributed by atoms with Gasteiger partial charge in [-0.05, 0) is 18.2 Å². The van der Waals surface area contributed by atoms with E-state index < -0.39 is 0 Å². The van der Waals surface area contributed by atoms with E-state index in [1.165, 1.54) is 0 Å². The standard InChI is InChI=1S/C13H12N4O/c1-18-12-5-4-11(10-14-12)17-13(6-7-15-17)16-8-2-3-9-16/h2-10H,1H3. The molecule has 0 aliphatic carbocycles. The van der Waals surface area contributed by atoms with Gasteiger partial charge in [0.15, 0.2) is 0 Å². The molecule has 0 saturated heterocycles. The molecule has 0 radical (unpaired) electrons. The van der Waals surface area contributed by atoms with E-state index in [0.29, 0.717) is 5.88 Å². The van der Waals surface area contributed by atoms with Crippen LogP contribution in [0.3, 0.4) is 0 Å². The first-order chi connectivity index (χ1) is 8.88. The second-order valence-corrected chi connectivity index (χ2v) is 3.75. The lowest BCUT2D eigenvalue weighted by Crippen LogP contribution is -2.04. The van der Waals surface area contributed by atoms with Crippen LogP contribution in [0, 0.1) is 0 Å². The van der Waals surface area contributed by atoms with Crippen molar-refractivity contribution in [1.82, 2.24) is 19.3 Å². The van der Waals surface area contributed by atoms with Gasteiger partial charge in [-0.2, -0.15) is 5.10 Å². The molecule has 0 aliphatic rings. The summed E-state index contributed by atoms with van der Waals surface area (Å²) in [5.74, 6) is 1.56. The van der Waals surface area contributed by atoms with Crippen LogP contribution in [-0.4, -0.2) is 26.4 Å². The Hall–Kier alpha value is -2.56. The van der Waals surface area contributed by atoms with Crippen molar-refractivity contribution < 1.29 is 4.74 Å². The molecule has 5 heteroatoms. The highest BCUT2D eigenvalue weighted by molar-refractivity contribution is 5.37. The zero-order valence-corrected chi connectivity index (χ0v) is 9.89. The van der Waals surface area contributed by atoms with Gasteiger partial charge >= 0.3 is 0 Å². The second kappa shape index (κ2) is 4.37. The largest absolute Gasteiger partial charge is 0.481 e. The van der Waals surface area contributed by atoms with Crippen LogP contribution in [0.2, 0.25) is 0 Å². The molecule has 0 saturated carbocycles. The maximum atomic E-state index is 5.04. The number of rotatable bonds is 3. The molecular formula is C13H12N4O. The Labute approximate surface area is 104 Å². The highest BCUT2D eigenvalue weighted by Gasteiger charge is 2.06. The van der Waals surface area contributed by atoms with E-state index in [0.717, 1.165) is 11.5 Å². The molecule has 18 heavy (non-hydrogen) atoms. The van der Waals surface area contributed by atoms with Crippen molar-refractivity contribution in [2.75, 3.05) is 7.11 Å². The minimum atomic E-state index is 0.591. The molecule has 0 bridgehead atoms. The maximum Gasteiger partial charge on any atom is 0.213 e. The number of ether oxygens (including phenoxy) is 1. The van der Waals surface area contributed by atoms with Crippen LogP contribution in [-0.2, 0) is 0 Å². The fourth-order valence-electron chi connectivity index (χ4n) is 1.80. The van der Waals surface area contributed by atoms with Crippen LogP contribution in [0.1, 0.15) is 0 Å². The summed E-state index contributed by atoms with van der Waals surface area (Å²) in [5.41, 5.74) is 0.893. The van der Waals surface area contributed by atoms with Crippen molar-refractivity contribution in [3.05, 3.63) is 55.1 Å². The van der Waals surface area contributed by atoms with Gasteiger partial charge in [-0.15, -0.1) is 0 Å². The average Bonchev–Trinajstić information content (AvgIpc) is 3.09. The lowest BCUT2D eigenvalue weighted by Gasteiger charge is -2.08. The van der Waals surface area contributed by atoms with E-state index in [4.69, 9.17) is 4.74 Å². The van der Waals surface area contributed by atoms with Gasteiger partial charge in [-0.3, -0.25) is 0 Å². The quantitative estimate of drug-likeness (QED) is 0.704. The first-order valence-electron chi connectivity index (χ1n) is 5.56. The van der Waals surface area contributed by atoms with E-state index in [9.17, 15) is 0 Å². The predicted octanol–water partition coefficient (Wildman–Crippen LogP) is 2.07. The first-order valence-corrected chi connectivity index (χ1v) is 5.56. The molecule has 0 aromatic carbocycles. The molecule has 3 rings (SSSR count). The molecule has 90 valence electrons. The summed E-state index contributed by atoms with van der Waals surface area (Å²) < 4.78 is 8.87. The number of hydrogen-bond acceptors (Lipinski definition) is 3. The number of hydrogen-bond donors (Lipinski definition) is 0. The van der Waals surface area contributed by atoms with Gasteiger partial charge in [0.05, 0.1) is 25.2 Å². The Morgan fingerprint density at radius 2 is 1.94 bits per heavy atom. The Kier molecular flexibility index (Phi) is 2.57. The number of nitrogens with zero attached hydrogens (tertiary/aromatic N) is 4. The monoisotopic (exact) mass is 240 g/mol. The molecule has 0 atom stereocenters. The SMILES string of the molecule is COc1ccc(-n2nccc2-n2cccc2)cn1. The summed E-state index contributed by atoms with van der Waals surface area (Å²) in [6.07, 6.45) is 7.45. The summed E-state index contributed by atoms with van der Waals surface area (Å²) in [6, 6.07) is 9.64. The molecule has 0 spiro atoms. The van der Waals surface area contributed by atoms with Crippen molar-refractivity contribution in [3.63, 3.8) is 0 Å². The number of pyridine rings is 1. The Bertz CT molecular complexity index is 625. The second-order valence-electron chi connectivity index (χ2n) is 3.75. The van der Waals surface area contributed by atoms with Crippen LogP contribution in [0.4, 0.5) is 0 Å². The van der Waals surface area contributed by atoms with E-state index in [-0.39, 0.29) is 0 Å². The smallest absolute Gasteiger partial charge is 0.213 e. The fraction of sp³-hybridized carbons (Fsp3) is 0.0769. The summed E-state index contributed by atoms with van der Waals surface area (Å²) >= 11 is 0. The summed E-state index contributed by atoms with van der Waals surface area (Å²) in [7, 11) is 1.60. The number of aromatic nitrogens is 4. The molecule has 0 fully saturated rings. The van der Waals surface area contributed by atoms with Gasteiger partial charge in [0.1, 0.15) is 5.82 Å². The van der Waals surface area contributed by atoms with Crippen LogP contribution in [0.5, 0.6) is 5.88 Å². The van der Waals surface area contributed by atoms with Crippen molar-refractivity contribution in [1.29, 1.82) is 0 Å². The maximum absolute atomic E-state index is 5.04. The zero-order valence-electron chi connectivity index (χ0n) is 9.89. The average molecular weight is 240 g/mol. The third-order valence-corrected chi connectivity index (χ3v) is 2.67. The van der Waals surface area contributed by atoms with Crippen molar-refractivity contribution in [2.45, 2.75) is 0 Å². The van der Waals surface area contributed by atoms with E-state index >= 15 is 0 Å². The van der Waals surface area contributed by atoms with Crippen LogP contribution in [0.15, 0.2) is 55.1 Å². The lowest BCUT2D eigenvalue weighted by molar-refractivity contribution is 0.397. The summed E-state index contributed by atoms with van der Waals surface area (Å²) in [5, 5.41) is 4.31. The van der Waals surface area contributed by atoms with E-state index in [2.05, 4.69) is 10.1 Å². The highest BCUT2D eigenvalue weighted by Crippen LogP contribution is 2.15. The van der Waals surface area contributed by atoms with Crippen molar-refractivity contribution in [3.8, 4) is 17.4 Å². The zero-order chi connectivity index (χ0) is 12.4. The normalized spacial score (nSPS) is 10.5. The summed E-state index contributed by atoms with van der Waals surface area (Å²) in [4.78, 5) is 4.18. The molecule has 0 unspecified atom stereocenters. The molecule has 3 heterocycles. The molecule has 0 aliphatic heterocycles. The van der Waals surface area contributed by atoms with Crippen LogP contribution < -0.4 is 4.74 Å². The Morgan fingerprint density at radius 1 is 1.11 bits per heavy atom. The van der Waals surface area contributed by atoms with Gasteiger partial charge < -0.3 is 9.30 Å². The van der Waals surface area contributed by atoms with Crippen molar-refractivity contribution in [2.24, 2.45) is 0 Å². The van der Waals surface area contributed by atoms with Gasteiger partial charge in [0, 0.05) is 24.5 Å². The molecule has 3 aromatic heterocycles. The molecular weight excluding hydrogens is 228 g/mol. The van der Waals surface area contributed by atoms with Gasteiger partial charge in [0.25, 0.3) is 0 Å². The molecule has 0 amide bonds. The molecule has 3 aromatic rings.